The third-order valence-electron chi connectivity index (χ3n) is 5.13. The van der Waals surface area contributed by atoms with Gasteiger partial charge in [-0.3, -0.25) is 0 Å². The Morgan fingerprint density at radius 1 is 1.35 bits per heavy atom. The van der Waals surface area contributed by atoms with Gasteiger partial charge in [-0.1, -0.05) is 43.6 Å². The molecule has 0 spiro atoms. The second-order valence-electron chi connectivity index (χ2n) is 6.81. The minimum atomic E-state index is 0.209. The lowest BCUT2D eigenvalue weighted by Gasteiger charge is -2.60. The first-order valence-electron chi connectivity index (χ1n) is 7.64. The highest BCUT2D eigenvalue weighted by atomic mass is 35.5. The molecule has 1 N–H and O–H groups in total. The van der Waals surface area contributed by atoms with E-state index >= 15 is 0 Å². The fraction of sp³-hybridized carbons (Fsp3) is 0.647. The molecule has 0 aromatic heterocycles. The van der Waals surface area contributed by atoms with Gasteiger partial charge >= 0.3 is 0 Å². The topological polar surface area (TPSA) is 21.3 Å². The molecule has 2 aliphatic rings. The van der Waals surface area contributed by atoms with Crippen LogP contribution in [0.3, 0.4) is 0 Å². The Kier molecular flexibility index (Phi) is 3.83. The zero-order valence-electron chi connectivity index (χ0n) is 12.5. The first kappa shape index (κ1) is 14.4. The summed E-state index contributed by atoms with van der Waals surface area (Å²) in [6, 6.07) is 8.90. The molecule has 3 unspecified atom stereocenters. The molecular weight excluding hydrogens is 270 g/mol. The zero-order valence-corrected chi connectivity index (χ0v) is 13.3. The van der Waals surface area contributed by atoms with E-state index in [-0.39, 0.29) is 11.5 Å². The van der Waals surface area contributed by atoms with Gasteiger partial charge in [-0.15, -0.1) is 0 Å². The van der Waals surface area contributed by atoms with Crippen molar-refractivity contribution in [3.63, 3.8) is 0 Å². The van der Waals surface area contributed by atoms with Gasteiger partial charge in [0.1, 0.15) is 0 Å². The molecule has 20 heavy (non-hydrogen) atoms. The van der Waals surface area contributed by atoms with Crippen LogP contribution in [0.4, 0.5) is 0 Å². The lowest BCUT2D eigenvalue weighted by molar-refractivity contribution is -0.194. The van der Waals surface area contributed by atoms with Crippen LogP contribution < -0.4 is 5.32 Å². The third-order valence-corrected chi connectivity index (χ3v) is 5.48. The molecule has 4 atom stereocenters. The van der Waals surface area contributed by atoms with Crippen molar-refractivity contribution in [1.29, 1.82) is 0 Å². The molecule has 3 heteroatoms. The third kappa shape index (κ3) is 2.28. The molecule has 3 rings (SSSR count). The highest BCUT2D eigenvalue weighted by Crippen LogP contribution is 2.52. The second-order valence-corrected chi connectivity index (χ2v) is 7.21. The number of halogens is 1. The average Bonchev–Trinajstić information content (AvgIpc) is 2.45. The van der Waals surface area contributed by atoms with Crippen molar-refractivity contribution in [3.8, 4) is 0 Å². The van der Waals surface area contributed by atoms with E-state index in [0.29, 0.717) is 18.1 Å². The van der Waals surface area contributed by atoms with E-state index in [1.165, 1.54) is 18.4 Å². The van der Waals surface area contributed by atoms with Crippen molar-refractivity contribution in [2.24, 2.45) is 11.3 Å². The van der Waals surface area contributed by atoms with E-state index in [0.717, 1.165) is 11.6 Å². The maximum atomic E-state index is 6.31. The largest absolute Gasteiger partial charge is 0.377 e. The zero-order chi connectivity index (χ0) is 14.3. The van der Waals surface area contributed by atoms with Crippen molar-refractivity contribution in [1.82, 2.24) is 5.32 Å². The first-order chi connectivity index (χ1) is 9.51. The van der Waals surface area contributed by atoms with Gasteiger partial charge in [0.05, 0.1) is 6.10 Å². The molecule has 0 amide bonds. The average molecular weight is 294 g/mol. The van der Waals surface area contributed by atoms with Gasteiger partial charge < -0.3 is 10.1 Å². The highest BCUT2D eigenvalue weighted by Gasteiger charge is 2.57. The van der Waals surface area contributed by atoms with E-state index in [1.807, 2.05) is 12.1 Å². The summed E-state index contributed by atoms with van der Waals surface area (Å²) in [5, 5.41) is 4.65. The summed E-state index contributed by atoms with van der Waals surface area (Å²) in [6.07, 6.45) is 2.89. The second kappa shape index (κ2) is 5.32. The molecule has 2 nitrogen and oxygen atoms in total. The predicted octanol–water partition coefficient (Wildman–Crippen LogP) is 4.19. The molecule has 1 saturated carbocycles. The Balaban J connectivity index is 1.73. The summed E-state index contributed by atoms with van der Waals surface area (Å²) < 4.78 is 5.97. The van der Waals surface area contributed by atoms with Crippen LogP contribution in [0, 0.1) is 11.3 Å². The van der Waals surface area contributed by atoms with Crippen molar-refractivity contribution < 1.29 is 4.74 Å². The molecule has 1 aliphatic carbocycles. The Bertz CT molecular complexity index is 488. The number of ether oxygens (including phenoxy) is 1. The molecule has 2 fully saturated rings. The molecule has 1 aliphatic heterocycles. The Hall–Kier alpha value is -0.570. The van der Waals surface area contributed by atoms with Crippen molar-refractivity contribution in [2.75, 3.05) is 6.61 Å². The van der Waals surface area contributed by atoms with Crippen LogP contribution in [0.15, 0.2) is 24.3 Å². The number of benzene rings is 1. The molecule has 110 valence electrons. The van der Waals surface area contributed by atoms with E-state index in [9.17, 15) is 0 Å². The molecular formula is C17H24ClNO. The smallest absolute Gasteiger partial charge is 0.0684 e. The van der Waals surface area contributed by atoms with Crippen LogP contribution >= 0.6 is 11.6 Å². The maximum absolute atomic E-state index is 6.31. The molecule has 1 aromatic carbocycles. The summed E-state index contributed by atoms with van der Waals surface area (Å²) in [6.45, 7) is 7.76. The van der Waals surface area contributed by atoms with Crippen LogP contribution in [0.25, 0.3) is 0 Å². The number of fused-ring (bicyclic) bond motifs is 1. The standard InChI is InChI=1S/C17H24ClNO/c1-11(12-7-4-5-9-14(12)18)19-15-13-8-6-10-20-16(13)17(15,2)3/h4-5,7,9,11,13,15-16,19H,6,8,10H2,1-3H3/t11-,13?,15?,16?/m0/s1. The SMILES string of the molecule is C[C@H](NC1C2CCCOC2C1(C)C)c1ccccc1Cl. The molecule has 0 bridgehead atoms. The van der Waals surface area contributed by atoms with Gasteiger partial charge in [0.15, 0.2) is 0 Å². The summed E-state index contributed by atoms with van der Waals surface area (Å²) in [7, 11) is 0. The van der Waals surface area contributed by atoms with E-state index < -0.39 is 0 Å². The minimum Gasteiger partial charge on any atom is -0.377 e. The van der Waals surface area contributed by atoms with Crippen molar-refractivity contribution in [3.05, 3.63) is 34.9 Å². The Labute approximate surface area is 126 Å². The first-order valence-corrected chi connectivity index (χ1v) is 8.01. The predicted molar refractivity (Wildman–Crippen MR) is 83.0 cm³/mol. The van der Waals surface area contributed by atoms with Crippen LogP contribution in [0.5, 0.6) is 0 Å². The van der Waals surface area contributed by atoms with Crippen LogP contribution in [0.1, 0.15) is 45.2 Å². The molecule has 1 saturated heterocycles. The minimum absolute atomic E-state index is 0.209. The summed E-state index contributed by atoms with van der Waals surface area (Å²) in [5.41, 5.74) is 1.39. The van der Waals surface area contributed by atoms with Crippen LogP contribution in [-0.2, 0) is 4.74 Å². The lowest BCUT2D eigenvalue weighted by Crippen LogP contribution is -2.69. The monoisotopic (exact) mass is 293 g/mol. The summed E-state index contributed by atoms with van der Waals surface area (Å²) >= 11 is 6.31. The molecule has 1 heterocycles. The van der Waals surface area contributed by atoms with Gasteiger partial charge in [0.25, 0.3) is 0 Å². The highest BCUT2D eigenvalue weighted by molar-refractivity contribution is 6.31. The summed E-state index contributed by atoms with van der Waals surface area (Å²) in [5.74, 6) is 0.656. The van der Waals surface area contributed by atoms with Crippen LogP contribution in [-0.4, -0.2) is 18.8 Å². The maximum Gasteiger partial charge on any atom is 0.0684 e. The van der Waals surface area contributed by atoms with E-state index in [4.69, 9.17) is 16.3 Å². The van der Waals surface area contributed by atoms with E-state index in [1.54, 1.807) is 0 Å². The number of hydrogen-bond donors (Lipinski definition) is 1. The quantitative estimate of drug-likeness (QED) is 0.902. The van der Waals surface area contributed by atoms with Crippen LogP contribution in [0.2, 0.25) is 5.02 Å². The molecule has 0 radical (unpaired) electrons. The van der Waals surface area contributed by atoms with E-state index in [2.05, 4.69) is 38.2 Å². The Morgan fingerprint density at radius 2 is 2.10 bits per heavy atom. The van der Waals surface area contributed by atoms with Gasteiger partial charge in [-0.2, -0.15) is 0 Å². The Morgan fingerprint density at radius 3 is 2.85 bits per heavy atom. The van der Waals surface area contributed by atoms with Crippen molar-refractivity contribution in [2.45, 2.75) is 51.8 Å². The number of nitrogens with one attached hydrogen (secondary N) is 1. The van der Waals surface area contributed by atoms with Gasteiger partial charge in [0, 0.05) is 35.0 Å². The fourth-order valence-corrected chi connectivity index (χ4v) is 4.35. The van der Waals surface area contributed by atoms with Crippen molar-refractivity contribution >= 4 is 11.6 Å². The number of hydrogen-bond acceptors (Lipinski definition) is 2. The van der Waals surface area contributed by atoms with Gasteiger partial charge in [0.2, 0.25) is 0 Å². The lowest BCUT2D eigenvalue weighted by atomic mass is 9.55. The summed E-state index contributed by atoms with van der Waals surface area (Å²) in [4.78, 5) is 0. The van der Waals surface area contributed by atoms with Gasteiger partial charge in [-0.25, -0.2) is 0 Å². The molecule has 1 aromatic rings. The normalized spacial score (nSPS) is 33.1. The fourth-order valence-electron chi connectivity index (χ4n) is 4.05. The number of rotatable bonds is 3. The van der Waals surface area contributed by atoms with Gasteiger partial charge in [-0.05, 0) is 31.4 Å².